The lowest BCUT2D eigenvalue weighted by atomic mass is 10.1. The van der Waals surface area contributed by atoms with Crippen LogP contribution in [0.15, 0.2) is 95.2 Å². The smallest absolute Gasteiger partial charge is 0.446 e. The minimum absolute atomic E-state index is 0.0422. The number of nitrogen functional groups attached to an aromatic ring is 1. The average Bonchev–Trinajstić information content (AvgIpc) is 2.27. The highest BCUT2D eigenvalue weighted by atomic mass is 79.9. The van der Waals surface area contributed by atoms with Crippen molar-refractivity contribution in [3.8, 4) is 11.5 Å². The van der Waals surface area contributed by atoms with Gasteiger partial charge in [-0.1, -0.05) is 0 Å². The number of carbonyl (C=O) groups is 3. The Hall–Kier alpha value is -7.32. The molecule has 2 aromatic carbocycles. The summed E-state index contributed by atoms with van der Waals surface area (Å²) in [5.41, 5.74) is 6.83. The number of ether oxygens (including phenoxy) is 8. The Kier molecular flexibility index (Phi) is 17.2. The van der Waals surface area contributed by atoms with Crippen molar-refractivity contribution in [2.24, 2.45) is 0 Å². The topological polar surface area (TPSA) is 308 Å². The number of imide groups is 1. The summed E-state index contributed by atoms with van der Waals surface area (Å²) in [7, 11) is 0. The van der Waals surface area contributed by atoms with Crippen molar-refractivity contribution >= 4 is 106 Å². The van der Waals surface area contributed by atoms with Gasteiger partial charge in [0.25, 0.3) is 0 Å². The zero-order chi connectivity index (χ0) is 59.9. The number of hydrogen-bond donors (Lipinski definition) is 3. The molecule has 0 spiro atoms. The van der Waals surface area contributed by atoms with Crippen molar-refractivity contribution in [3.05, 3.63) is 95.2 Å². The molecule has 440 valence electrons. The average molecular weight is 1280 g/mol. The number of hydrogen-bond acceptors (Lipinski definition) is 22. The molecular weight excluding hydrogens is 1230 g/mol. The molecule has 9 heterocycles. The van der Waals surface area contributed by atoms with E-state index >= 15 is 0 Å². The molecule has 0 bridgehead atoms. The highest BCUT2D eigenvalue weighted by Crippen LogP contribution is 2.44. The zero-order valence-electron chi connectivity index (χ0n) is 45.5. The summed E-state index contributed by atoms with van der Waals surface area (Å²) in [6, 6.07) is 15.1. The van der Waals surface area contributed by atoms with Gasteiger partial charge in [0.2, 0.25) is 6.29 Å². The number of aldehydes is 1. The molecule has 3 aliphatic heterocycles. The molecule has 83 heavy (non-hydrogen) atoms. The van der Waals surface area contributed by atoms with Crippen LogP contribution in [0, 0.1) is 0 Å². The Morgan fingerprint density at radius 1 is 0.687 bits per heavy atom. The minimum atomic E-state index is -4.64. The van der Waals surface area contributed by atoms with E-state index in [4.69, 9.17) is 48.4 Å². The molecule has 0 radical (unpaired) electrons. The fraction of sp³-hybridized carbons (Fsp3) is 0.415. The summed E-state index contributed by atoms with van der Waals surface area (Å²) >= 11 is 6.84. The van der Waals surface area contributed by atoms with Crippen molar-refractivity contribution in [1.82, 2.24) is 49.0 Å². The first-order valence-corrected chi connectivity index (χ1v) is 26.9. The fourth-order valence-electron chi connectivity index (χ4n) is 8.91. The number of nitrogens with two attached hydrogens (primary N) is 1. The van der Waals surface area contributed by atoms with E-state index < -0.39 is 90.7 Å². The molecule has 2 amide bonds. The molecule has 4 N–H and O–H groups in total. The number of rotatable bonds is 9. The van der Waals surface area contributed by atoms with Crippen LogP contribution in [0.1, 0.15) is 67.8 Å². The first-order chi connectivity index (χ1) is 39.0. The van der Waals surface area contributed by atoms with E-state index in [-0.39, 0.29) is 36.0 Å². The molecule has 30 heteroatoms. The number of aliphatic hydroxyl groups excluding tert-OH is 2. The molecule has 3 fully saturated rings. The largest absolute Gasteiger partial charge is 0.491 e. The predicted octanol–water partition coefficient (Wildman–Crippen LogP) is 8.48. The van der Waals surface area contributed by atoms with Crippen LogP contribution in [0.2, 0.25) is 0 Å². The monoisotopic (exact) mass is 1280 g/mol. The molecule has 0 saturated carbocycles. The Bertz CT molecular complexity index is 3670. The van der Waals surface area contributed by atoms with Crippen molar-refractivity contribution in [2.75, 3.05) is 23.8 Å². The standard InChI is InChI=1S/C32H37BrN6O8.C19H17BrN6O4.C2HF3O/c1-30(2,3)46-28(40)39(29(41)47-31(4,5)6)26-22-25(35-15-36-26)38(16-37-22)27-24-23(44-32(7,8)45-24)21(43-27)14-42-19-10-9-17-11-18(33)13-34-20(17)12-19;20-10-3-9-1-2-11(4-12(9)22-5-10)29-6-13-15(27)16(28)19(30-13)26-8-25-14-17(21)23-7-24-18(14)26;3-2(4,5)1-6/h9-13,15-16,21,23-24,27H,14H2,1-8H3;1-5,7-8,13,15-16,19,27-28H,6H2,(H2,21,23,24);1H/t21-,23-,24-,27-;13-,15-,16-,19-;/m11./s1. The summed E-state index contributed by atoms with van der Waals surface area (Å²) in [4.78, 5) is 70.4. The molecule has 8 atom stereocenters. The quantitative estimate of drug-likeness (QED) is 0.114. The van der Waals surface area contributed by atoms with Gasteiger partial charge in [0.1, 0.15) is 90.7 Å². The van der Waals surface area contributed by atoms with E-state index in [2.05, 4.69) is 71.7 Å². The van der Waals surface area contributed by atoms with Gasteiger partial charge in [-0.15, -0.1) is 0 Å². The lowest BCUT2D eigenvalue weighted by molar-refractivity contribution is -0.198. The van der Waals surface area contributed by atoms with Gasteiger partial charge in [-0.2, -0.15) is 18.1 Å². The summed E-state index contributed by atoms with van der Waals surface area (Å²) in [6.45, 7) is 14.0. The van der Waals surface area contributed by atoms with Crippen LogP contribution in [-0.4, -0.2) is 151 Å². The third-order valence-electron chi connectivity index (χ3n) is 12.3. The second-order valence-electron chi connectivity index (χ2n) is 21.4. The number of pyridine rings is 2. The number of halogens is 5. The highest BCUT2D eigenvalue weighted by molar-refractivity contribution is 9.10. The Morgan fingerprint density at radius 3 is 1.71 bits per heavy atom. The summed E-state index contributed by atoms with van der Waals surface area (Å²) < 4.78 is 84.2. The molecule has 6 aromatic heterocycles. The molecule has 8 aromatic rings. The van der Waals surface area contributed by atoms with E-state index in [1.807, 2.05) is 56.3 Å². The number of imidazole rings is 2. The molecule has 0 aliphatic carbocycles. The van der Waals surface area contributed by atoms with Gasteiger partial charge in [0, 0.05) is 44.2 Å². The van der Waals surface area contributed by atoms with Gasteiger partial charge >= 0.3 is 18.4 Å². The molecule has 3 aliphatic rings. The SMILES string of the molecule is CC(C)(C)OC(=O)N(C(=O)OC(C)(C)C)c1ncnc2c1ncn2[C@@H]1O[C@H](COc2ccc3cc(Br)cnc3c2)[C@H]2OC(C)(C)O[C@H]21.Nc1ncnc2c1ncn2[C@@H]1O[C@H](COc2ccc3cc(Br)cnc3c2)[C@@H](O)[C@H]1O.O=CC(F)(F)F. The number of nitrogens with zero attached hydrogens (tertiary/aromatic N) is 11. The number of benzene rings is 2. The van der Waals surface area contributed by atoms with Crippen LogP contribution in [0.5, 0.6) is 11.5 Å². The summed E-state index contributed by atoms with van der Waals surface area (Å²) in [5, 5.41) is 22.9. The zero-order valence-corrected chi connectivity index (χ0v) is 48.6. The number of fused-ring (bicyclic) bond motifs is 5. The maximum atomic E-state index is 13.4. The first-order valence-electron chi connectivity index (χ1n) is 25.3. The maximum absolute atomic E-state index is 13.4. The predicted molar refractivity (Wildman–Crippen MR) is 296 cm³/mol. The number of amides is 2. The molecular formula is C53H55Br2F3N12O13. The van der Waals surface area contributed by atoms with Crippen LogP contribution in [-0.2, 0) is 33.2 Å². The molecule has 25 nitrogen and oxygen atoms in total. The van der Waals surface area contributed by atoms with E-state index in [0.717, 1.165) is 35.7 Å². The van der Waals surface area contributed by atoms with Crippen LogP contribution in [0.4, 0.5) is 34.4 Å². The second-order valence-corrected chi connectivity index (χ2v) is 23.2. The van der Waals surface area contributed by atoms with Crippen LogP contribution in [0.25, 0.3) is 44.1 Å². The van der Waals surface area contributed by atoms with Crippen molar-refractivity contribution in [2.45, 2.75) is 128 Å². The Balaban J connectivity index is 0.000000196. The Labute approximate surface area is 486 Å². The first kappa shape index (κ1) is 60.3. The van der Waals surface area contributed by atoms with Crippen LogP contribution in [0.3, 0.4) is 0 Å². The highest BCUT2D eigenvalue weighted by Gasteiger charge is 2.56. The van der Waals surface area contributed by atoms with Gasteiger partial charge in [-0.3, -0.25) is 23.9 Å². The van der Waals surface area contributed by atoms with Gasteiger partial charge in [0.05, 0.1) is 23.7 Å². The number of anilines is 2. The van der Waals surface area contributed by atoms with E-state index in [1.165, 1.54) is 29.9 Å². The van der Waals surface area contributed by atoms with E-state index in [1.54, 1.807) is 64.6 Å². The fourth-order valence-corrected chi connectivity index (χ4v) is 9.61. The Morgan fingerprint density at radius 2 is 1.17 bits per heavy atom. The lowest BCUT2D eigenvalue weighted by Gasteiger charge is -2.28. The van der Waals surface area contributed by atoms with Crippen LogP contribution < -0.4 is 20.1 Å². The number of alkyl halides is 3. The number of aromatic nitrogens is 10. The molecule has 0 unspecified atom stereocenters. The normalized spacial score (nSPS) is 22.1. The summed E-state index contributed by atoms with van der Waals surface area (Å²) in [6.07, 6.45) is -5.01. The van der Waals surface area contributed by atoms with Crippen molar-refractivity contribution in [1.29, 1.82) is 0 Å². The van der Waals surface area contributed by atoms with E-state index in [0.29, 0.717) is 22.7 Å². The molecule has 11 rings (SSSR count). The third kappa shape index (κ3) is 14.0. The number of carbonyl (C=O) groups excluding carboxylic acids is 3. The minimum Gasteiger partial charge on any atom is -0.491 e. The van der Waals surface area contributed by atoms with Gasteiger partial charge in [-0.05, 0) is 124 Å². The second kappa shape index (κ2) is 23.7. The number of aliphatic hydroxyl groups is 2. The van der Waals surface area contributed by atoms with Crippen molar-refractivity contribution < 1.29 is 75.7 Å². The molecule has 3 saturated heterocycles. The van der Waals surface area contributed by atoms with E-state index in [9.17, 15) is 33.0 Å². The maximum Gasteiger partial charge on any atom is 0.446 e. The lowest BCUT2D eigenvalue weighted by Crippen LogP contribution is -2.44. The van der Waals surface area contributed by atoms with Crippen LogP contribution >= 0.6 is 31.9 Å². The van der Waals surface area contributed by atoms with Gasteiger partial charge in [0.15, 0.2) is 46.7 Å². The van der Waals surface area contributed by atoms with Gasteiger partial charge in [-0.25, -0.2) is 39.5 Å². The van der Waals surface area contributed by atoms with Crippen molar-refractivity contribution in [3.63, 3.8) is 0 Å². The van der Waals surface area contributed by atoms with Gasteiger partial charge < -0.3 is 53.8 Å². The summed E-state index contributed by atoms with van der Waals surface area (Å²) in [5.74, 6) is 0.441. The third-order valence-corrected chi connectivity index (χ3v) is 13.2.